The highest BCUT2D eigenvalue weighted by Crippen LogP contribution is 2.11. The van der Waals surface area contributed by atoms with Crippen molar-refractivity contribution in [2.45, 2.75) is 70.8 Å². The number of ether oxygens (including phenoxy) is 1. The third kappa shape index (κ3) is 10.2. The highest BCUT2D eigenvalue weighted by Gasteiger charge is 2.04. The third-order valence-corrected chi connectivity index (χ3v) is 2.89. The smallest absolute Gasteiger partial charge is 0.116 e. The number of methoxy groups -OCH3 is 1. The Kier molecular flexibility index (Phi) is 11.9. The maximum Gasteiger partial charge on any atom is 0.116 e. The second kappa shape index (κ2) is 12.0. The lowest BCUT2D eigenvalue weighted by Crippen LogP contribution is -2.12. The van der Waals surface area contributed by atoms with Crippen LogP contribution in [0.15, 0.2) is 0 Å². The van der Waals surface area contributed by atoms with Crippen molar-refractivity contribution in [1.82, 2.24) is 0 Å². The van der Waals surface area contributed by atoms with Crippen LogP contribution in [0.2, 0.25) is 0 Å². The molecule has 92 valence electrons. The number of halogens is 1. The van der Waals surface area contributed by atoms with Gasteiger partial charge >= 0.3 is 0 Å². The van der Waals surface area contributed by atoms with Crippen LogP contribution < -0.4 is 0 Å². The van der Waals surface area contributed by atoms with E-state index in [1.54, 1.807) is 7.11 Å². The van der Waals surface area contributed by atoms with Crippen molar-refractivity contribution < 1.29 is 9.13 Å². The standard InChI is InChI=1S/C13H27FO/c1-3-4-5-6-7-8-9-10-11-13(12-14)15-2/h13H,3-12H2,1-2H3. The van der Waals surface area contributed by atoms with Gasteiger partial charge in [-0.05, 0) is 6.42 Å². The van der Waals surface area contributed by atoms with Crippen LogP contribution in [0.5, 0.6) is 0 Å². The van der Waals surface area contributed by atoms with Gasteiger partial charge in [-0.25, -0.2) is 4.39 Å². The predicted molar refractivity (Wildman–Crippen MR) is 64.0 cm³/mol. The molecule has 0 heterocycles. The molecule has 0 amide bonds. The molecule has 2 heteroatoms. The van der Waals surface area contributed by atoms with E-state index in [-0.39, 0.29) is 12.8 Å². The van der Waals surface area contributed by atoms with E-state index < -0.39 is 0 Å². The molecular weight excluding hydrogens is 191 g/mol. The molecule has 0 aromatic rings. The maximum atomic E-state index is 12.2. The zero-order valence-electron chi connectivity index (χ0n) is 10.4. The van der Waals surface area contributed by atoms with Crippen molar-refractivity contribution >= 4 is 0 Å². The van der Waals surface area contributed by atoms with E-state index in [0.717, 1.165) is 12.8 Å². The molecule has 0 aromatic carbocycles. The first-order valence-electron chi connectivity index (χ1n) is 6.43. The van der Waals surface area contributed by atoms with Crippen LogP contribution in [0.1, 0.15) is 64.7 Å². The Labute approximate surface area is 94.4 Å². The SMILES string of the molecule is CCCCCCCCCCC(CF)OC. The lowest BCUT2D eigenvalue weighted by molar-refractivity contribution is 0.0705. The van der Waals surface area contributed by atoms with Gasteiger partial charge in [0.1, 0.15) is 6.67 Å². The van der Waals surface area contributed by atoms with Crippen molar-refractivity contribution in [3.8, 4) is 0 Å². The summed E-state index contributed by atoms with van der Waals surface area (Å²) in [5, 5.41) is 0. The van der Waals surface area contributed by atoms with Gasteiger partial charge in [0, 0.05) is 7.11 Å². The Morgan fingerprint density at radius 2 is 1.47 bits per heavy atom. The van der Waals surface area contributed by atoms with Crippen molar-refractivity contribution in [2.24, 2.45) is 0 Å². The molecule has 0 aliphatic heterocycles. The van der Waals surface area contributed by atoms with Crippen LogP contribution in [0, 0.1) is 0 Å². The van der Waals surface area contributed by atoms with Crippen molar-refractivity contribution in [2.75, 3.05) is 13.8 Å². The molecule has 0 saturated carbocycles. The molecule has 0 N–H and O–H groups in total. The quantitative estimate of drug-likeness (QED) is 0.464. The van der Waals surface area contributed by atoms with E-state index in [1.165, 1.54) is 44.9 Å². The highest BCUT2D eigenvalue weighted by molar-refractivity contribution is 4.55. The summed E-state index contributed by atoms with van der Waals surface area (Å²) in [6.07, 6.45) is 11.1. The molecule has 0 rings (SSSR count). The number of hydrogen-bond donors (Lipinski definition) is 0. The molecule has 0 aromatic heterocycles. The van der Waals surface area contributed by atoms with E-state index in [0.29, 0.717) is 0 Å². The largest absolute Gasteiger partial charge is 0.379 e. The van der Waals surface area contributed by atoms with Gasteiger partial charge in [0.2, 0.25) is 0 Å². The Bertz CT molecular complexity index is 113. The molecule has 1 atom stereocenters. The first-order valence-corrected chi connectivity index (χ1v) is 6.43. The van der Waals surface area contributed by atoms with Crippen LogP contribution in [-0.2, 0) is 4.74 Å². The topological polar surface area (TPSA) is 9.23 Å². The second-order valence-electron chi connectivity index (χ2n) is 4.28. The van der Waals surface area contributed by atoms with Crippen molar-refractivity contribution in [1.29, 1.82) is 0 Å². The fourth-order valence-electron chi connectivity index (χ4n) is 1.76. The fourth-order valence-corrected chi connectivity index (χ4v) is 1.76. The van der Waals surface area contributed by atoms with Gasteiger partial charge in [0.25, 0.3) is 0 Å². The molecular formula is C13H27FO. The molecule has 0 radical (unpaired) electrons. The summed E-state index contributed by atoms with van der Waals surface area (Å²) >= 11 is 0. The first-order chi connectivity index (χ1) is 7.35. The predicted octanol–water partition coefficient (Wildman–Crippen LogP) is 4.50. The zero-order chi connectivity index (χ0) is 11.4. The van der Waals surface area contributed by atoms with Crippen molar-refractivity contribution in [3.05, 3.63) is 0 Å². The Morgan fingerprint density at radius 1 is 0.933 bits per heavy atom. The number of alkyl halides is 1. The van der Waals surface area contributed by atoms with Crippen LogP contribution >= 0.6 is 0 Å². The summed E-state index contributed by atoms with van der Waals surface area (Å²) in [7, 11) is 1.59. The molecule has 0 saturated heterocycles. The molecule has 1 nitrogen and oxygen atoms in total. The second-order valence-corrected chi connectivity index (χ2v) is 4.28. The fraction of sp³-hybridized carbons (Fsp3) is 1.00. The van der Waals surface area contributed by atoms with E-state index in [2.05, 4.69) is 6.92 Å². The number of rotatable bonds is 11. The summed E-state index contributed by atoms with van der Waals surface area (Å²) in [6, 6.07) is 0. The van der Waals surface area contributed by atoms with E-state index >= 15 is 0 Å². The van der Waals surface area contributed by atoms with Gasteiger partial charge in [-0.1, -0.05) is 58.3 Å². The summed E-state index contributed by atoms with van der Waals surface area (Å²) in [6.45, 7) is 1.90. The van der Waals surface area contributed by atoms with Gasteiger partial charge in [-0.3, -0.25) is 0 Å². The highest BCUT2D eigenvalue weighted by atomic mass is 19.1. The number of unbranched alkanes of at least 4 members (excludes halogenated alkanes) is 7. The summed E-state index contributed by atoms with van der Waals surface area (Å²) in [5.41, 5.74) is 0. The molecule has 0 bridgehead atoms. The summed E-state index contributed by atoms with van der Waals surface area (Å²) < 4.78 is 17.2. The maximum absolute atomic E-state index is 12.2. The Balaban J connectivity index is 3.04. The lowest BCUT2D eigenvalue weighted by atomic mass is 10.1. The average molecular weight is 218 g/mol. The van der Waals surface area contributed by atoms with Gasteiger partial charge < -0.3 is 4.74 Å². The minimum Gasteiger partial charge on any atom is -0.379 e. The molecule has 15 heavy (non-hydrogen) atoms. The minimum absolute atomic E-state index is 0.162. The van der Waals surface area contributed by atoms with E-state index in [4.69, 9.17) is 4.74 Å². The van der Waals surface area contributed by atoms with Crippen molar-refractivity contribution in [3.63, 3.8) is 0 Å². The summed E-state index contributed by atoms with van der Waals surface area (Å²) in [5.74, 6) is 0. The van der Waals surface area contributed by atoms with E-state index in [9.17, 15) is 4.39 Å². The first kappa shape index (κ1) is 14.9. The molecule has 0 aliphatic rings. The summed E-state index contributed by atoms with van der Waals surface area (Å²) in [4.78, 5) is 0. The van der Waals surface area contributed by atoms with Gasteiger partial charge in [-0.15, -0.1) is 0 Å². The average Bonchev–Trinajstić information content (AvgIpc) is 2.27. The van der Waals surface area contributed by atoms with Gasteiger partial charge in [0.05, 0.1) is 6.10 Å². The molecule has 0 spiro atoms. The molecule has 0 fully saturated rings. The lowest BCUT2D eigenvalue weighted by Gasteiger charge is -2.10. The Hall–Kier alpha value is -0.110. The molecule has 0 aliphatic carbocycles. The monoisotopic (exact) mass is 218 g/mol. The normalized spacial score (nSPS) is 13.0. The van der Waals surface area contributed by atoms with E-state index in [1.807, 2.05) is 0 Å². The van der Waals surface area contributed by atoms with Crippen LogP contribution in [0.3, 0.4) is 0 Å². The van der Waals surface area contributed by atoms with Gasteiger partial charge in [0.15, 0.2) is 0 Å². The minimum atomic E-state index is -0.340. The van der Waals surface area contributed by atoms with Crippen LogP contribution in [0.25, 0.3) is 0 Å². The number of hydrogen-bond acceptors (Lipinski definition) is 1. The zero-order valence-corrected chi connectivity index (χ0v) is 10.4. The third-order valence-electron chi connectivity index (χ3n) is 2.89. The molecule has 1 unspecified atom stereocenters. The van der Waals surface area contributed by atoms with Crippen LogP contribution in [0.4, 0.5) is 4.39 Å². The van der Waals surface area contributed by atoms with Gasteiger partial charge in [-0.2, -0.15) is 0 Å². The Morgan fingerprint density at radius 3 is 1.93 bits per heavy atom. The van der Waals surface area contributed by atoms with Crippen LogP contribution in [-0.4, -0.2) is 19.9 Å².